The van der Waals surface area contributed by atoms with E-state index in [9.17, 15) is 4.79 Å². The topological polar surface area (TPSA) is 47.6 Å². The van der Waals surface area contributed by atoms with E-state index in [-0.39, 0.29) is 5.92 Å². The van der Waals surface area contributed by atoms with Crippen molar-refractivity contribution in [3.8, 4) is 22.6 Å². The van der Waals surface area contributed by atoms with E-state index in [1.54, 1.807) is 0 Å². The van der Waals surface area contributed by atoms with Crippen LogP contribution in [0.3, 0.4) is 0 Å². The van der Waals surface area contributed by atoms with Gasteiger partial charge in [0.25, 0.3) is 0 Å². The second kappa shape index (κ2) is 10.1. The average molecular weight is 448 g/mol. The molecule has 0 aromatic heterocycles. The maximum atomic E-state index is 12.3. The minimum atomic E-state index is -0.423. The molecule has 168 valence electrons. The van der Waals surface area contributed by atoms with Crippen molar-refractivity contribution in [2.24, 2.45) is 0 Å². The quantitative estimate of drug-likeness (QED) is 0.331. The molecular weight excluding hydrogens is 422 g/mol. The van der Waals surface area contributed by atoms with Gasteiger partial charge in [0.2, 0.25) is 0 Å². The fourth-order valence-corrected chi connectivity index (χ4v) is 4.29. The fraction of sp³-hybridized carbons (Fsp3) is 0.100. The number of nitrogens with one attached hydrogen (secondary N) is 1. The van der Waals surface area contributed by atoms with Crippen LogP contribution in [0, 0.1) is 0 Å². The predicted molar refractivity (Wildman–Crippen MR) is 135 cm³/mol. The van der Waals surface area contributed by atoms with Crippen LogP contribution in [-0.4, -0.2) is 19.2 Å². The Labute approximate surface area is 199 Å². The van der Waals surface area contributed by atoms with Gasteiger partial charge in [0, 0.05) is 12.5 Å². The van der Waals surface area contributed by atoms with Gasteiger partial charge < -0.3 is 14.8 Å². The molecule has 0 radical (unpaired) electrons. The van der Waals surface area contributed by atoms with Crippen molar-refractivity contribution in [3.63, 3.8) is 0 Å². The number of alkyl carbamates (subject to hydrolysis) is 1. The van der Waals surface area contributed by atoms with Crippen LogP contribution in [0.25, 0.3) is 17.2 Å². The molecule has 0 fully saturated rings. The van der Waals surface area contributed by atoms with Crippen molar-refractivity contribution in [1.29, 1.82) is 0 Å². The van der Waals surface area contributed by atoms with Gasteiger partial charge in [0.1, 0.15) is 18.1 Å². The number of ether oxygens (including phenoxy) is 2. The van der Waals surface area contributed by atoms with Gasteiger partial charge in [-0.2, -0.15) is 0 Å². The van der Waals surface area contributed by atoms with Crippen LogP contribution in [-0.2, 0) is 4.74 Å². The number of rotatable bonds is 7. The zero-order valence-corrected chi connectivity index (χ0v) is 18.7. The van der Waals surface area contributed by atoms with Gasteiger partial charge in [-0.05, 0) is 52.1 Å². The van der Waals surface area contributed by atoms with E-state index < -0.39 is 6.09 Å². The Morgan fingerprint density at radius 2 is 1.41 bits per heavy atom. The fourth-order valence-electron chi connectivity index (χ4n) is 4.29. The van der Waals surface area contributed by atoms with Crippen LogP contribution in [0.5, 0.6) is 11.5 Å². The Hall–Kier alpha value is -4.31. The molecule has 4 aromatic rings. The second-order valence-corrected chi connectivity index (χ2v) is 8.10. The van der Waals surface area contributed by atoms with Crippen molar-refractivity contribution < 1.29 is 14.3 Å². The van der Waals surface area contributed by atoms with Crippen LogP contribution >= 0.6 is 0 Å². The zero-order valence-electron chi connectivity index (χ0n) is 18.7. The van der Waals surface area contributed by atoms with Crippen LogP contribution in [0.4, 0.5) is 4.79 Å². The monoisotopic (exact) mass is 447 g/mol. The molecule has 0 atom stereocenters. The molecule has 4 heteroatoms. The van der Waals surface area contributed by atoms with Gasteiger partial charge in [-0.25, -0.2) is 4.79 Å². The second-order valence-electron chi connectivity index (χ2n) is 8.10. The maximum absolute atomic E-state index is 12.3. The summed E-state index contributed by atoms with van der Waals surface area (Å²) in [6.07, 6.45) is 3.41. The maximum Gasteiger partial charge on any atom is 0.407 e. The Bertz CT molecular complexity index is 1270. The van der Waals surface area contributed by atoms with E-state index in [4.69, 9.17) is 9.47 Å². The third-order valence-electron chi connectivity index (χ3n) is 5.86. The van der Waals surface area contributed by atoms with Crippen molar-refractivity contribution in [1.82, 2.24) is 5.32 Å². The number of para-hydroxylation sites is 1. The van der Waals surface area contributed by atoms with E-state index in [2.05, 4.69) is 29.6 Å². The highest BCUT2D eigenvalue weighted by Gasteiger charge is 2.28. The van der Waals surface area contributed by atoms with Gasteiger partial charge in [0.05, 0.1) is 0 Å². The number of carbonyl (C=O) groups is 1. The molecule has 34 heavy (non-hydrogen) atoms. The first kappa shape index (κ1) is 21.5. The van der Waals surface area contributed by atoms with Gasteiger partial charge >= 0.3 is 6.09 Å². The summed E-state index contributed by atoms with van der Waals surface area (Å²) in [5.41, 5.74) is 5.83. The molecule has 0 unspecified atom stereocenters. The Morgan fingerprint density at radius 3 is 2.15 bits per heavy atom. The molecule has 1 aliphatic rings. The van der Waals surface area contributed by atoms with Crippen LogP contribution in [0.2, 0.25) is 0 Å². The summed E-state index contributed by atoms with van der Waals surface area (Å²) < 4.78 is 11.4. The summed E-state index contributed by atoms with van der Waals surface area (Å²) in [6, 6.07) is 34.1. The van der Waals surface area contributed by atoms with Gasteiger partial charge in [0.15, 0.2) is 0 Å². The number of amides is 1. The number of hydrogen-bond acceptors (Lipinski definition) is 3. The summed E-state index contributed by atoms with van der Waals surface area (Å²) in [7, 11) is 0. The van der Waals surface area contributed by atoms with Gasteiger partial charge in [-0.3, -0.25) is 0 Å². The van der Waals surface area contributed by atoms with Crippen LogP contribution < -0.4 is 10.1 Å². The molecule has 0 heterocycles. The Morgan fingerprint density at radius 1 is 0.765 bits per heavy atom. The molecule has 4 aromatic carbocycles. The van der Waals surface area contributed by atoms with Crippen molar-refractivity contribution in [2.75, 3.05) is 13.2 Å². The third-order valence-corrected chi connectivity index (χ3v) is 5.86. The van der Waals surface area contributed by atoms with Gasteiger partial charge in [-0.15, -0.1) is 0 Å². The Balaban J connectivity index is 1.13. The molecule has 0 bridgehead atoms. The molecule has 1 amide bonds. The lowest BCUT2D eigenvalue weighted by molar-refractivity contribution is 0.144. The van der Waals surface area contributed by atoms with Crippen molar-refractivity contribution in [3.05, 3.63) is 126 Å². The summed E-state index contributed by atoms with van der Waals surface area (Å²) in [4.78, 5) is 12.3. The van der Waals surface area contributed by atoms with E-state index in [1.807, 2.05) is 91.0 Å². The van der Waals surface area contributed by atoms with Crippen molar-refractivity contribution in [2.45, 2.75) is 5.92 Å². The van der Waals surface area contributed by atoms with E-state index in [1.165, 1.54) is 22.3 Å². The highest BCUT2D eigenvalue weighted by atomic mass is 16.5. The summed E-state index contributed by atoms with van der Waals surface area (Å²) >= 11 is 0. The first-order chi connectivity index (χ1) is 16.8. The molecule has 0 saturated carbocycles. The summed E-state index contributed by atoms with van der Waals surface area (Å²) in [6.45, 7) is 0.683. The lowest BCUT2D eigenvalue weighted by Crippen LogP contribution is -2.26. The van der Waals surface area contributed by atoms with Gasteiger partial charge in [-0.1, -0.05) is 91.0 Å². The van der Waals surface area contributed by atoms with Crippen LogP contribution in [0.15, 0.2) is 109 Å². The standard InChI is InChI=1S/C30H25NO3/c32-30(33-21-29-27-17-6-4-15-25(27)26-16-5-7-18-28(26)29)31-19-9-11-22-10-8-14-24(20-22)34-23-12-2-1-3-13-23/h1-18,20,29H,19,21H2,(H,31,32). The molecule has 0 aliphatic heterocycles. The molecule has 0 spiro atoms. The number of carbonyl (C=O) groups excluding carboxylic acids is 1. The minimum Gasteiger partial charge on any atom is -0.457 e. The Kier molecular flexibility index (Phi) is 6.39. The molecular formula is C30H25NO3. The molecule has 1 aliphatic carbocycles. The first-order valence-electron chi connectivity index (χ1n) is 11.4. The minimum absolute atomic E-state index is 0.0565. The van der Waals surface area contributed by atoms with Crippen LogP contribution in [0.1, 0.15) is 22.6 Å². The average Bonchev–Trinajstić information content (AvgIpc) is 3.20. The largest absolute Gasteiger partial charge is 0.457 e. The first-order valence-corrected chi connectivity index (χ1v) is 11.4. The lowest BCUT2D eigenvalue weighted by atomic mass is 9.98. The molecule has 0 saturated heterocycles. The zero-order chi connectivity index (χ0) is 23.2. The van der Waals surface area contributed by atoms with E-state index >= 15 is 0 Å². The molecule has 5 rings (SSSR count). The summed E-state index contributed by atoms with van der Waals surface area (Å²) in [5.74, 6) is 1.61. The lowest BCUT2D eigenvalue weighted by Gasteiger charge is -2.14. The smallest absolute Gasteiger partial charge is 0.407 e. The molecule has 1 N–H and O–H groups in total. The number of benzene rings is 4. The highest BCUT2D eigenvalue weighted by molar-refractivity contribution is 5.79. The third kappa shape index (κ3) is 4.86. The van der Waals surface area contributed by atoms with E-state index in [0.717, 1.165) is 17.1 Å². The number of fused-ring (bicyclic) bond motifs is 3. The van der Waals surface area contributed by atoms with E-state index in [0.29, 0.717) is 13.2 Å². The SMILES string of the molecule is O=C(NCC=Cc1cccc(Oc2ccccc2)c1)OCC1c2ccccc2-c2ccccc21. The van der Waals surface area contributed by atoms with Crippen molar-refractivity contribution >= 4 is 12.2 Å². The normalized spacial score (nSPS) is 12.2. The molecule has 4 nitrogen and oxygen atoms in total. The predicted octanol–water partition coefficient (Wildman–Crippen LogP) is 7.03. The highest BCUT2D eigenvalue weighted by Crippen LogP contribution is 2.44. The number of hydrogen-bond donors (Lipinski definition) is 1. The summed E-state index contributed by atoms with van der Waals surface area (Å²) in [5, 5.41) is 2.80.